The minimum atomic E-state index is 0.294. The molecule has 2 heterocycles. The molecule has 6 nitrogen and oxygen atoms in total. The van der Waals surface area contributed by atoms with Crippen LogP contribution in [0.5, 0.6) is 11.5 Å². The van der Waals surface area contributed by atoms with Gasteiger partial charge in [-0.1, -0.05) is 13.0 Å². The SMILES string of the molecule is CCNC(=NCc1ccc2c(c1)OCO2)NCCc1nc(CC)c(C)s1. The van der Waals surface area contributed by atoms with E-state index in [-0.39, 0.29) is 0 Å². The fourth-order valence-electron chi connectivity index (χ4n) is 2.76. The van der Waals surface area contributed by atoms with Gasteiger partial charge in [-0.15, -0.1) is 11.3 Å². The first-order valence-electron chi connectivity index (χ1n) is 9.05. The molecule has 0 bridgehead atoms. The third kappa shape index (κ3) is 4.66. The Balaban J connectivity index is 1.55. The van der Waals surface area contributed by atoms with Gasteiger partial charge in [0, 0.05) is 24.4 Å². The van der Waals surface area contributed by atoms with Crippen LogP contribution in [0.3, 0.4) is 0 Å². The van der Waals surface area contributed by atoms with E-state index in [0.29, 0.717) is 13.3 Å². The standard InChI is InChI=1S/C19H26N4O2S/c1-4-15-13(3)26-18(23-15)8-9-21-19(20-5-2)22-11-14-6-7-16-17(10-14)25-12-24-16/h6-7,10H,4-5,8-9,11-12H2,1-3H3,(H2,20,21,22). The first-order valence-corrected chi connectivity index (χ1v) is 9.87. The van der Waals surface area contributed by atoms with E-state index in [9.17, 15) is 0 Å². The van der Waals surface area contributed by atoms with Gasteiger partial charge in [0.1, 0.15) is 0 Å². The molecule has 3 rings (SSSR count). The molecule has 0 fully saturated rings. The van der Waals surface area contributed by atoms with E-state index < -0.39 is 0 Å². The molecule has 1 aliphatic heterocycles. The van der Waals surface area contributed by atoms with Gasteiger partial charge in [-0.3, -0.25) is 0 Å². The summed E-state index contributed by atoms with van der Waals surface area (Å²) < 4.78 is 10.8. The van der Waals surface area contributed by atoms with Crippen LogP contribution in [0.2, 0.25) is 0 Å². The largest absolute Gasteiger partial charge is 0.454 e. The van der Waals surface area contributed by atoms with Crippen LogP contribution in [0.15, 0.2) is 23.2 Å². The number of fused-ring (bicyclic) bond motifs is 1. The predicted octanol–water partition coefficient (Wildman–Crippen LogP) is 3.04. The summed E-state index contributed by atoms with van der Waals surface area (Å²) >= 11 is 1.79. The lowest BCUT2D eigenvalue weighted by atomic mass is 10.2. The zero-order valence-corrected chi connectivity index (χ0v) is 16.4. The maximum absolute atomic E-state index is 5.42. The van der Waals surface area contributed by atoms with Crippen LogP contribution in [0, 0.1) is 6.92 Å². The van der Waals surface area contributed by atoms with Crippen molar-refractivity contribution in [3.05, 3.63) is 39.3 Å². The van der Waals surface area contributed by atoms with Gasteiger partial charge in [-0.05, 0) is 38.0 Å². The summed E-state index contributed by atoms with van der Waals surface area (Å²) in [5, 5.41) is 7.85. The van der Waals surface area contributed by atoms with E-state index in [2.05, 4.69) is 36.4 Å². The van der Waals surface area contributed by atoms with Crippen molar-refractivity contribution in [2.45, 2.75) is 40.2 Å². The number of aryl methyl sites for hydroxylation is 2. The van der Waals surface area contributed by atoms with E-state index >= 15 is 0 Å². The highest BCUT2D eigenvalue weighted by Crippen LogP contribution is 2.32. The summed E-state index contributed by atoms with van der Waals surface area (Å²) in [7, 11) is 0. The topological polar surface area (TPSA) is 67.8 Å². The first kappa shape index (κ1) is 18.5. The number of nitrogens with one attached hydrogen (secondary N) is 2. The molecule has 1 aromatic carbocycles. The number of aromatic nitrogens is 1. The van der Waals surface area contributed by atoms with Crippen molar-refractivity contribution >= 4 is 17.3 Å². The fraction of sp³-hybridized carbons (Fsp3) is 0.474. The van der Waals surface area contributed by atoms with Gasteiger partial charge in [0.2, 0.25) is 6.79 Å². The molecule has 0 saturated carbocycles. The van der Waals surface area contributed by atoms with Crippen molar-refractivity contribution in [3.63, 3.8) is 0 Å². The first-order chi connectivity index (χ1) is 12.7. The number of hydrogen-bond acceptors (Lipinski definition) is 5. The van der Waals surface area contributed by atoms with Crippen molar-refractivity contribution in [1.29, 1.82) is 0 Å². The van der Waals surface area contributed by atoms with Crippen molar-refractivity contribution in [2.75, 3.05) is 19.9 Å². The summed E-state index contributed by atoms with van der Waals surface area (Å²) in [5.74, 6) is 2.41. The van der Waals surface area contributed by atoms with Crippen molar-refractivity contribution in [1.82, 2.24) is 15.6 Å². The second-order valence-corrected chi connectivity index (χ2v) is 7.31. The number of guanidine groups is 1. The lowest BCUT2D eigenvalue weighted by Gasteiger charge is -2.10. The average molecular weight is 375 g/mol. The molecule has 0 amide bonds. The molecule has 0 aliphatic carbocycles. The van der Waals surface area contributed by atoms with Crippen LogP contribution in [0.25, 0.3) is 0 Å². The van der Waals surface area contributed by atoms with Gasteiger partial charge >= 0.3 is 0 Å². The number of rotatable bonds is 7. The Morgan fingerprint density at radius 2 is 2.08 bits per heavy atom. The van der Waals surface area contributed by atoms with E-state index in [1.807, 2.05) is 18.2 Å². The molecule has 0 spiro atoms. The Bertz CT molecular complexity index is 773. The minimum absolute atomic E-state index is 0.294. The third-order valence-electron chi connectivity index (χ3n) is 4.10. The summed E-state index contributed by atoms with van der Waals surface area (Å²) in [6.45, 7) is 8.87. The fourth-order valence-corrected chi connectivity index (χ4v) is 3.78. The van der Waals surface area contributed by atoms with Crippen molar-refractivity contribution in [3.8, 4) is 11.5 Å². The van der Waals surface area contributed by atoms with E-state index in [0.717, 1.165) is 49.0 Å². The summed E-state index contributed by atoms with van der Waals surface area (Å²) in [6.07, 6.45) is 1.90. The molecule has 2 N–H and O–H groups in total. The molecule has 0 radical (unpaired) electrons. The van der Waals surface area contributed by atoms with Crippen molar-refractivity contribution in [2.24, 2.45) is 4.99 Å². The summed E-state index contributed by atoms with van der Waals surface area (Å²) in [6, 6.07) is 5.94. The highest BCUT2D eigenvalue weighted by Gasteiger charge is 2.13. The number of aliphatic imine (C=N–C) groups is 1. The Morgan fingerprint density at radius 3 is 2.85 bits per heavy atom. The van der Waals surface area contributed by atoms with Crippen LogP contribution >= 0.6 is 11.3 Å². The number of thiazole rings is 1. The van der Waals surface area contributed by atoms with Gasteiger partial charge in [-0.2, -0.15) is 0 Å². The average Bonchev–Trinajstić information content (AvgIpc) is 3.25. The Kier molecular flexibility index (Phi) is 6.33. The summed E-state index contributed by atoms with van der Waals surface area (Å²) in [5.41, 5.74) is 2.31. The van der Waals surface area contributed by atoms with Crippen LogP contribution in [-0.2, 0) is 19.4 Å². The number of ether oxygens (including phenoxy) is 2. The molecule has 140 valence electrons. The molecule has 0 saturated heterocycles. The number of nitrogens with zero attached hydrogens (tertiary/aromatic N) is 2. The Hall–Kier alpha value is -2.28. The number of hydrogen-bond donors (Lipinski definition) is 2. The Morgan fingerprint density at radius 1 is 1.23 bits per heavy atom. The van der Waals surface area contributed by atoms with Gasteiger partial charge in [0.25, 0.3) is 0 Å². The molecule has 1 aromatic heterocycles. The minimum Gasteiger partial charge on any atom is -0.454 e. The maximum Gasteiger partial charge on any atom is 0.231 e. The predicted molar refractivity (Wildman–Crippen MR) is 105 cm³/mol. The molecule has 0 atom stereocenters. The zero-order valence-electron chi connectivity index (χ0n) is 15.6. The second-order valence-electron chi connectivity index (χ2n) is 6.02. The van der Waals surface area contributed by atoms with Gasteiger partial charge in [0.05, 0.1) is 17.2 Å². The highest BCUT2D eigenvalue weighted by atomic mass is 32.1. The second kappa shape index (κ2) is 8.89. The molecule has 1 aliphatic rings. The molecule has 26 heavy (non-hydrogen) atoms. The molecule has 0 unspecified atom stereocenters. The smallest absolute Gasteiger partial charge is 0.231 e. The monoisotopic (exact) mass is 374 g/mol. The molecular weight excluding hydrogens is 348 g/mol. The van der Waals surface area contributed by atoms with Gasteiger partial charge in [-0.25, -0.2) is 9.98 Å². The highest BCUT2D eigenvalue weighted by molar-refractivity contribution is 7.11. The zero-order chi connectivity index (χ0) is 18.4. The van der Waals surface area contributed by atoms with Gasteiger partial charge < -0.3 is 20.1 Å². The molecule has 2 aromatic rings. The third-order valence-corrected chi connectivity index (χ3v) is 5.18. The van der Waals surface area contributed by atoms with Crippen molar-refractivity contribution < 1.29 is 9.47 Å². The number of benzene rings is 1. The van der Waals surface area contributed by atoms with Crippen LogP contribution < -0.4 is 20.1 Å². The van der Waals surface area contributed by atoms with Crippen LogP contribution in [0.4, 0.5) is 0 Å². The molecular formula is C19H26N4O2S. The van der Waals surface area contributed by atoms with E-state index in [4.69, 9.17) is 14.5 Å². The molecule has 7 heteroatoms. The Labute approximate surface area is 158 Å². The van der Waals surface area contributed by atoms with Crippen LogP contribution in [-0.4, -0.2) is 30.8 Å². The normalized spacial score (nSPS) is 13.1. The summed E-state index contributed by atoms with van der Waals surface area (Å²) in [4.78, 5) is 10.7. The quantitative estimate of drug-likeness (QED) is 0.576. The lowest BCUT2D eigenvalue weighted by molar-refractivity contribution is 0.174. The lowest BCUT2D eigenvalue weighted by Crippen LogP contribution is -2.38. The maximum atomic E-state index is 5.42. The van der Waals surface area contributed by atoms with E-state index in [1.54, 1.807) is 11.3 Å². The van der Waals surface area contributed by atoms with Crippen LogP contribution in [0.1, 0.15) is 35.0 Å². The van der Waals surface area contributed by atoms with Gasteiger partial charge in [0.15, 0.2) is 17.5 Å². The van der Waals surface area contributed by atoms with E-state index in [1.165, 1.54) is 15.6 Å².